The maximum Gasteiger partial charge on any atom is 0.329 e. The molecule has 0 aliphatic rings. The smallest absolute Gasteiger partial charge is 0.329 e. The van der Waals surface area contributed by atoms with Crippen molar-refractivity contribution >= 4 is 35.2 Å². The van der Waals surface area contributed by atoms with Crippen LogP contribution in [0, 0.1) is 0 Å². The fraction of sp³-hybridized carbons (Fsp3) is 0.833. The van der Waals surface area contributed by atoms with Crippen LogP contribution >= 0.6 is 23.4 Å². The quantitative estimate of drug-likeness (QED) is 0.312. The van der Waals surface area contributed by atoms with Gasteiger partial charge in [-0.05, 0) is 24.9 Å². The standard InChI is InChI=1S/C7H13NO4S.C5H11Cl/c1-5(9)8(12)6(7(10)11)3-4-13-2;1-2-3-4-5-6/h6,12H,3-4H2,1-2H3,(H,10,11);2-5H2,1H3. The molecule has 1 unspecified atom stereocenters. The highest BCUT2D eigenvalue weighted by Gasteiger charge is 2.25. The molecule has 0 saturated carbocycles. The van der Waals surface area contributed by atoms with Crippen molar-refractivity contribution in [3.63, 3.8) is 0 Å². The van der Waals surface area contributed by atoms with Crippen molar-refractivity contribution in [2.45, 2.75) is 45.6 Å². The molecule has 0 aromatic heterocycles. The van der Waals surface area contributed by atoms with Crippen molar-refractivity contribution in [1.29, 1.82) is 0 Å². The summed E-state index contributed by atoms with van der Waals surface area (Å²) in [5.41, 5.74) is 0. The molecule has 0 saturated heterocycles. The molecule has 0 aliphatic carbocycles. The number of thioether (sulfide) groups is 1. The predicted molar refractivity (Wildman–Crippen MR) is 79.0 cm³/mol. The van der Waals surface area contributed by atoms with Crippen LogP contribution in [0.3, 0.4) is 0 Å². The SMILES string of the molecule is CCCCCCl.CSCCC(C(=O)O)N(O)C(C)=O. The van der Waals surface area contributed by atoms with E-state index in [1.807, 2.05) is 6.26 Å². The first-order valence-electron chi connectivity index (χ1n) is 6.18. The third-order valence-corrected chi connectivity index (χ3v) is 3.15. The highest BCUT2D eigenvalue weighted by atomic mass is 35.5. The number of halogens is 1. The van der Waals surface area contributed by atoms with E-state index < -0.39 is 17.9 Å². The Kier molecular flexibility index (Phi) is 15.3. The van der Waals surface area contributed by atoms with Gasteiger partial charge >= 0.3 is 5.97 Å². The molecule has 2 N–H and O–H groups in total. The number of carbonyl (C=O) groups excluding carboxylic acids is 1. The lowest BCUT2D eigenvalue weighted by Crippen LogP contribution is -2.42. The zero-order valence-corrected chi connectivity index (χ0v) is 13.3. The lowest BCUT2D eigenvalue weighted by atomic mass is 10.2. The Morgan fingerprint density at radius 1 is 1.37 bits per heavy atom. The molecule has 0 rings (SSSR count). The molecule has 0 bridgehead atoms. The minimum Gasteiger partial charge on any atom is -0.480 e. The third-order valence-electron chi connectivity index (χ3n) is 2.24. The number of alkyl halides is 1. The number of carboxylic acids is 1. The van der Waals surface area contributed by atoms with Crippen LogP contribution in [0.4, 0.5) is 0 Å². The zero-order chi connectivity index (χ0) is 15.3. The summed E-state index contributed by atoms with van der Waals surface area (Å²) in [6, 6.07) is -1.13. The van der Waals surface area contributed by atoms with Gasteiger partial charge in [0.05, 0.1) is 0 Å². The molecule has 1 atom stereocenters. The number of aliphatic carboxylic acids is 1. The Hall–Kier alpha value is -0.460. The first-order valence-corrected chi connectivity index (χ1v) is 8.11. The van der Waals surface area contributed by atoms with Gasteiger partial charge in [0.15, 0.2) is 6.04 Å². The summed E-state index contributed by atoms with van der Waals surface area (Å²) in [5, 5.41) is 18.0. The number of hydroxylamine groups is 2. The van der Waals surface area contributed by atoms with Crippen molar-refractivity contribution in [3.8, 4) is 0 Å². The molecule has 7 heteroatoms. The number of hydrogen-bond acceptors (Lipinski definition) is 4. The van der Waals surface area contributed by atoms with E-state index in [1.165, 1.54) is 31.0 Å². The van der Waals surface area contributed by atoms with Crippen LogP contribution in [0.15, 0.2) is 0 Å². The van der Waals surface area contributed by atoms with Crippen LogP contribution in [0.2, 0.25) is 0 Å². The van der Waals surface area contributed by atoms with Gasteiger partial charge in [-0.15, -0.1) is 11.6 Å². The van der Waals surface area contributed by atoms with Crippen LogP contribution in [-0.4, -0.2) is 51.2 Å². The molecule has 0 fully saturated rings. The Labute approximate surface area is 124 Å². The lowest BCUT2D eigenvalue weighted by molar-refractivity contribution is -0.184. The van der Waals surface area contributed by atoms with E-state index in [0.717, 1.165) is 12.8 Å². The monoisotopic (exact) mass is 313 g/mol. The number of carboxylic acid groups (broad SMARTS) is 1. The summed E-state index contributed by atoms with van der Waals surface area (Å²) in [6.45, 7) is 3.29. The van der Waals surface area contributed by atoms with E-state index in [2.05, 4.69) is 6.92 Å². The zero-order valence-electron chi connectivity index (χ0n) is 11.8. The molecule has 5 nitrogen and oxygen atoms in total. The van der Waals surface area contributed by atoms with Gasteiger partial charge in [-0.25, -0.2) is 9.86 Å². The second-order valence-corrected chi connectivity index (χ2v) is 5.26. The second kappa shape index (κ2) is 14.0. The summed E-state index contributed by atoms with van der Waals surface area (Å²) in [7, 11) is 0. The molecular weight excluding hydrogens is 290 g/mol. The van der Waals surface area contributed by atoms with E-state index in [4.69, 9.17) is 21.9 Å². The Morgan fingerprint density at radius 2 is 1.95 bits per heavy atom. The Balaban J connectivity index is 0. The average molecular weight is 314 g/mol. The summed E-state index contributed by atoms with van der Waals surface area (Å²) in [5.74, 6) is -0.435. The van der Waals surface area contributed by atoms with Gasteiger partial charge in [0.1, 0.15) is 0 Å². The highest BCUT2D eigenvalue weighted by molar-refractivity contribution is 7.98. The Bertz CT molecular complexity index is 250. The number of amides is 1. The maximum absolute atomic E-state index is 10.7. The predicted octanol–water partition coefficient (Wildman–Crippen LogP) is 2.85. The minimum atomic E-state index is -1.19. The van der Waals surface area contributed by atoms with Crippen molar-refractivity contribution in [2.24, 2.45) is 0 Å². The minimum absolute atomic E-state index is 0.243. The third kappa shape index (κ3) is 12.3. The van der Waals surface area contributed by atoms with E-state index in [0.29, 0.717) is 5.75 Å². The van der Waals surface area contributed by atoms with Crippen LogP contribution in [0.25, 0.3) is 0 Å². The summed E-state index contributed by atoms with van der Waals surface area (Å²) >= 11 is 6.84. The molecular formula is C12H24ClNO4S. The van der Waals surface area contributed by atoms with Crippen molar-refractivity contribution in [1.82, 2.24) is 5.06 Å². The van der Waals surface area contributed by atoms with Gasteiger partial charge in [0.2, 0.25) is 5.91 Å². The summed E-state index contributed by atoms with van der Waals surface area (Å²) in [6.07, 6.45) is 5.80. The van der Waals surface area contributed by atoms with E-state index in [-0.39, 0.29) is 11.5 Å². The van der Waals surface area contributed by atoms with Crippen LogP contribution in [-0.2, 0) is 9.59 Å². The summed E-state index contributed by atoms with van der Waals surface area (Å²) in [4.78, 5) is 21.2. The average Bonchev–Trinajstić information content (AvgIpc) is 2.36. The topological polar surface area (TPSA) is 77.8 Å². The summed E-state index contributed by atoms with van der Waals surface area (Å²) < 4.78 is 0. The fourth-order valence-corrected chi connectivity index (χ4v) is 1.79. The van der Waals surface area contributed by atoms with Gasteiger partial charge in [-0.3, -0.25) is 10.0 Å². The molecule has 114 valence electrons. The Morgan fingerprint density at radius 3 is 2.21 bits per heavy atom. The van der Waals surface area contributed by atoms with Gasteiger partial charge in [0.25, 0.3) is 0 Å². The molecule has 0 aliphatic heterocycles. The number of nitrogens with zero attached hydrogens (tertiary/aromatic N) is 1. The number of unbranched alkanes of at least 4 members (excludes halogenated alkanes) is 2. The first-order chi connectivity index (χ1) is 8.92. The van der Waals surface area contributed by atoms with E-state index in [9.17, 15) is 9.59 Å². The van der Waals surface area contributed by atoms with Crippen LogP contribution in [0.5, 0.6) is 0 Å². The lowest BCUT2D eigenvalue weighted by Gasteiger charge is -2.20. The molecule has 0 aromatic rings. The second-order valence-electron chi connectivity index (χ2n) is 3.90. The van der Waals surface area contributed by atoms with Crippen LogP contribution in [0.1, 0.15) is 39.5 Å². The largest absolute Gasteiger partial charge is 0.480 e. The fourth-order valence-electron chi connectivity index (χ4n) is 1.14. The first kappa shape index (κ1) is 20.8. The molecule has 0 heterocycles. The molecule has 19 heavy (non-hydrogen) atoms. The molecule has 1 amide bonds. The van der Waals surface area contributed by atoms with Crippen LogP contribution < -0.4 is 0 Å². The van der Waals surface area contributed by atoms with Gasteiger partial charge in [-0.1, -0.05) is 19.8 Å². The molecule has 0 spiro atoms. The number of carbonyl (C=O) groups is 2. The van der Waals surface area contributed by atoms with E-state index in [1.54, 1.807) is 0 Å². The van der Waals surface area contributed by atoms with Crippen molar-refractivity contribution in [3.05, 3.63) is 0 Å². The normalized spacial score (nSPS) is 11.2. The highest BCUT2D eigenvalue weighted by Crippen LogP contribution is 2.06. The molecule has 0 aromatic carbocycles. The molecule has 0 radical (unpaired) electrons. The number of rotatable bonds is 8. The van der Waals surface area contributed by atoms with Gasteiger partial charge < -0.3 is 5.11 Å². The van der Waals surface area contributed by atoms with Crippen molar-refractivity contribution < 1.29 is 19.9 Å². The van der Waals surface area contributed by atoms with Gasteiger partial charge in [-0.2, -0.15) is 11.8 Å². The maximum atomic E-state index is 10.7. The van der Waals surface area contributed by atoms with Crippen molar-refractivity contribution in [2.75, 3.05) is 17.9 Å². The van der Waals surface area contributed by atoms with Gasteiger partial charge in [0, 0.05) is 12.8 Å². The number of hydrogen-bond donors (Lipinski definition) is 2. The van der Waals surface area contributed by atoms with E-state index >= 15 is 0 Å².